The van der Waals surface area contributed by atoms with E-state index < -0.39 is 5.97 Å². The van der Waals surface area contributed by atoms with E-state index in [1.165, 1.54) is 36.3 Å². The highest BCUT2D eigenvalue weighted by molar-refractivity contribution is 6.42. The number of amides is 1. The molecule has 0 spiro atoms. The van der Waals surface area contributed by atoms with Gasteiger partial charge < -0.3 is 9.64 Å². The maximum atomic E-state index is 13.1. The molecule has 0 aliphatic heterocycles. The van der Waals surface area contributed by atoms with E-state index in [1.54, 1.807) is 18.2 Å². The molecule has 7 heteroatoms. The summed E-state index contributed by atoms with van der Waals surface area (Å²) < 4.78 is 17.7. The van der Waals surface area contributed by atoms with Gasteiger partial charge in [-0.25, -0.2) is 4.39 Å². The fourth-order valence-corrected chi connectivity index (χ4v) is 2.50. The lowest BCUT2D eigenvalue weighted by Crippen LogP contribution is -2.32. The predicted molar refractivity (Wildman–Crippen MR) is 94.2 cm³/mol. The number of halogens is 3. The predicted octanol–water partition coefficient (Wildman–Crippen LogP) is 4.34. The molecule has 0 unspecified atom stereocenters. The van der Waals surface area contributed by atoms with Gasteiger partial charge in [0.2, 0.25) is 0 Å². The molecule has 2 aromatic carbocycles. The Labute approximate surface area is 155 Å². The minimum Gasteiger partial charge on any atom is -0.469 e. The molecule has 0 saturated carbocycles. The van der Waals surface area contributed by atoms with Gasteiger partial charge in [-0.2, -0.15) is 0 Å². The zero-order chi connectivity index (χ0) is 18.4. The Hall–Kier alpha value is -2.11. The van der Waals surface area contributed by atoms with Crippen LogP contribution in [0.15, 0.2) is 42.5 Å². The van der Waals surface area contributed by atoms with E-state index >= 15 is 0 Å². The van der Waals surface area contributed by atoms with Crippen molar-refractivity contribution < 1.29 is 18.7 Å². The quantitative estimate of drug-likeness (QED) is 0.697. The highest BCUT2D eigenvalue weighted by Gasteiger charge is 2.18. The molecule has 0 saturated heterocycles. The number of hydrogen-bond donors (Lipinski definition) is 0. The highest BCUT2D eigenvalue weighted by atomic mass is 35.5. The molecule has 2 aromatic rings. The molecule has 1 amide bonds. The van der Waals surface area contributed by atoms with Crippen LogP contribution in [0.3, 0.4) is 0 Å². The normalized spacial score (nSPS) is 10.4. The van der Waals surface area contributed by atoms with Gasteiger partial charge in [-0.1, -0.05) is 35.3 Å². The van der Waals surface area contributed by atoms with Gasteiger partial charge in [0.05, 0.1) is 23.6 Å². The molecular formula is C18H16Cl2FNO3. The lowest BCUT2D eigenvalue weighted by Gasteiger charge is -2.23. The first kappa shape index (κ1) is 19.2. The fourth-order valence-electron chi connectivity index (χ4n) is 2.20. The summed E-state index contributed by atoms with van der Waals surface area (Å²) in [6.07, 6.45) is 0.0464. The zero-order valence-corrected chi connectivity index (χ0v) is 15.0. The summed E-state index contributed by atoms with van der Waals surface area (Å²) >= 11 is 11.8. The van der Waals surface area contributed by atoms with Crippen molar-refractivity contribution in [3.8, 4) is 0 Å². The molecule has 0 heterocycles. The van der Waals surface area contributed by atoms with Crippen molar-refractivity contribution in [2.45, 2.75) is 13.0 Å². The maximum absolute atomic E-state index is 13.1. The summed E-state index contributed by atoms with van der Waals surface area (Å²) in [6.45, 7) is 0.374. The average molecular weight is 384 g/mol. The van der Waals surface area contributed by atoms with Gasteiger partial charge in [0.15, 0.2) is 0 Å². The number of esters is 1. The largest absolute Gasteiger partial charge is 0.469 e. The van der Waals surface area contributed by atoms with Crippen LogP contribution in [0.25, 0.3) is 0 Å². The third kappa shape index (κ3) is 5.44. The molecule has 25 heavy (non-hydrogen) atoms. The number of rotatable bonds is 6. The summed E-state index contributed by atoms with van der Waals surface area (Å²) in [5.41, 5.74) is 1.08. The molecule has 0 aliphatic rings. The van der Waals surface area contributed by atoms with Crippen LogP contribution in [0.4, 0.5) is 4.39 Å². The van der Waals surface area contributed by atoms with Crippen molar-refractivity contribution in [2.75, 3.05) is 13.7 Å². The highest BCUT2D eigenvalue weighted by Crippen LogP contribution is 2.23. The van der Waals surface area contributed by atoms with Gasteiger partial charge in [-0.05, 0) is 35.9 Å². The molecule has 0 N–H and O–H groups in total. The third-order valence-corrected chi connectivity index (χ3v) is 4.29. The number of nitrogens with zero attached hydrogens (tertiary/aromatic N) is 1. The second-order valence-electron chi connectivity index (χ2n) is 5.31. The Morgan fingerprint density at radius 3 is 2.36 bits per heavy atom. The first-order valence-corrected chi connectivity index (χ1v) is 8.22. The SMILES string of the molecule is COC(=O)CCN(Cc1ccc(F)cc1)C(=O)c1ccc(Cl)c(Cl)c1. The lowest BCUT2D eigenvalue weighted by molar-refractivity contribution is -0.140. The number of hydrogen-bond acceptors (Lipinski definition) is 3. The zero-order valence-electron chi connectivity index (χ0n) is 13.5. The van der Waals surface area contributed by atoms with Crippen molar-refractivity contribution in [1.82, 2.24) is 4.90 Å². The van der Waals surface area contributed by atoms with Crippen molar-refractivity contribution >= 4 is 35.1 Å². The average Bonchev–Trinajstić information content (AvgIpc) is 2.61. The van der Waals surface area contributed by atoms with Gasteiger partial charge in [0.1, 0.15) is 5.82 Å². The summed E-state index contributed by atoms with van der Waals surface area (Å²) in [6, 6.07) is 10.4. The van der Waals surface area contributed by atoms with Gasteiger partial charge in [-0.3, -0.25) is 9.59 Å². The van der Waals surface area contributed by atoms with E-state index in [0.29, 0.717) is 10.6 Å². The summed E-state index contributed by atoms with van der Waals surface area (Å²) in [7, 11) is 1.29. The van der Waals surface area contributed by atoms with Crippen molar-refractivity contribution in [1.29, 1.82) is 0 Å². The smallest absolute Gasteiger partial charge is 0.307 e. The molecular weight excluding hydrogens is 368 g/mol. The van der Waals surface area contributed by atoms with Crippen molar-refractivity contribution in [3.63, 3.8) is 0 Å². The van der Waals surface area contributed by atoms with Crippen molar-refractivity contribution in [3.05, 3.63) is 69.5 Å². The molecule has 0 bridgehead atoms. The van der Waals surface area contributed by atoms with Crippen LogP contribution in [0.5, 0.6) is 0 Å². The first-order valence-electron chi connectivity index (χ1n) is 7.46. The molecule has 0 radical (unpaired) electrons. The van der Waals surface area contributed by atoms with Crippen LogP contribution in [-0.2, 0) is 16.1 Å². The standard InChI is InChI=1S/C18H16Cl2FNO3/c1-25-17(23)8-9-22(11-12-2-5-14(21)6-3-12)18(24)13-4-7-15(19)16(20)10-13/h2-7,10H,8-9,11H2,1H3. The monoisotopic (exact) mass is 383 g/mol. The Balaban J connectivity index is 2.22. The summed E-state index contributed by atoms with van der Waals surface area (Å²) in [4.78, 5) is 25.7. The number of carbonyl (C=O) groups is 2. The molecule has 2 rings (SSSR count). The maximum Gasteiger partial charge on any atom is 0.307 e. The fraction of sp³-hybridized carbons (Fsp3) is 0.222. The van der Waals surface area contributed by atoms with Crippen LogP contribution < -0.4 is 0 Å². The third-order valence-electron chi connectivity index (χ3n) is 3.55. The van der Waals surface area contributed by atoms with Gasteiger partial charge in [-0.15, -0.1) is 0 Å². The van der Waals surface area contributed by atoms with E-state index in [-0.39, 0.29) is 36.3 Å². The molecule has 0 aliphatic carbocycles. The Kier molecular flexibility index (Phi) is 6.79. The molecule has 0 atom stereocenters. The van der Waals surface area contributed by atoms with Crippen LogP contribution in [-0.4, -0.2) is 30.4 Å². The number of ether oxygens (including phenoxy) is 1. The number of carbonyl (C=O) groups excluding carboxylic acids is 2. The molecule has 4 nitrogen and oxygen atoms in total. The van der Waals surface area contributed by atoms with Crippen LogP contribution in [0.1, 0.15) is 22.3 Å². The number of benzene rings is 2. The molecule has 0 fully saturated rings. The van der Waals surface area contributed by atoms with Gasteiger partial charge in [0.25, 0.3) is 5.91 Å². The lowest BCUT2D eigenvalue weighted by atomic mass is 10.1. The topological polar surface area (TPSA) is 46.6 Å². The minimum atomic E-state index is -0.425. The number of methoxy groups -OCH3 is 1. The van der Waals surface area contributed by atoms with E-state index in [9.17, 15) is 14.0 Å². The Bertz CT molecular complexity index is 765. The van der Waals surface area contributed by atoms with E-state index in [2.05, 4.69) is 4.74 Å². The van der Waals surface area contributed by atoms with Crippen LogP contribution in [0, 0.1) is 5.82 Å². The van der Waals surface area contributed by atoms with E-state index in [4.69, 9.17) is 23.2 Å². The minimum absolute atomic E-state index is 0.0464. The van der Waals surface area contributed by atoms with Gasteiger partial charge in [0, 0.05) is 18.7 Å². The molecule has 0 aromatic heterocycles. The van der Waals surface area contributed by atoms with Gasteiger partial charge >= 0.3 is 5.97 Å². The second-order valence-corrected chi connectivity index (χ2v) is 6.12. The van der Waals surface area contributed by atoms with E-state index in [0.717, 1.165) is 5.56 Å². The molecule has 132 valence electrons. The first-order chi connectivity index (χ1) is 11.9. The second kappa shape index (κ2) is 8.83. The van der Waals surface area contributed by atoms with Crippen LogP contribution >= 0.6 is 23.2 Å². The summed E-state index contributed by atoms with van der Waals surface area (Å²) in [5, 5.41) is 0.611. The van der Waals surface area contributed by atoms with Crippen LogP contribution in [0.2, 0.25) is 10.0 Å². The summed E-state index contributed by atoms with van der Waals surface area (Å²) in [5.74, 6) is -1.10. The Morgan fingerprint density at radius 2 is 1.76 bits per heavy atom. The van der Waals surface area contributed by atoms with E-state index in [1.807, 2.05) is 0 Å². The Morgan fingerprint density at radius 1 is 1.08 bits per heavy atom. The van der Waals surface area contributed by atoms with Crippen molar-refractivity contribution in [2.24, 2.45) is 0 Å².